The number of hydrogen-bond donors (Lipinski definition) is 0. The van der Waals surface area contributed by atoms with Gasteiger partial charge in [-0.2, -0.15) is 0 Å². The molecule has 1 aliphatic rings. The number of rotatable bonds is 4. The highest BCUT2D eigenvalue weighted by Crippen LogP contribution is 2.30. The van der Waals surface area contributed by atoms with Gasteiger partial charge in [-0.05, 0) is 25.0 Å². The van der Waals surface area contributed by atoms with Gasteiger partial charge in [-0.3, -0.25) is 4.79 Å². The molecule has 0 spiro atoms. The molecule has 0 aliphatic carbocycles. The third-order valence-corrected chi connectivity index (χ3v) is 3.37. The molecule has 106 valence electrons. The van der Waals surface area contributed by atoms with E-state index >= 15 is 0 Å². The first-order valence-electron chi connectivity index (χ1n) is 6.59. The molecular weight excluding hydrogens is 255 g/mol. The van der Waals surface area contributed by atoms with Gasteiger partial charge in [0.25, 0.3) is 0 Å². The Kier molecular flexibility index (Phi) is 4.19. The SMILES string of the molecule is C=C1OB(Cc2ccc(CC(=O)OC)cc2)OC1(C)C. The molecule has 0 atom stereocenters. The minimum absolute atomic E-state index is 0.238. The van der Waals surface area contributed by atoms with Gasteiger partial charge in [0.05, 0.1) is 19.3 Å². The maximum Gasteiger partial charge on any atom is 0.530 e. The highest BCUT2D eigenvalue weighted by Gasteiger charge is 2.41. The van der Waals surface area contributed by atoms with Gasteiger partial charge in [0, 0.05) is 6.32 Å². The van der Waals surface area contributed by atoms with E-state index in [2.05, 4.69) is 11.3 Å². The van der Waals surface area contributed by atoms with Crippen LogP contribution in [0.25, 0.3) is 0 Å². The van der Waals surface area contributed by atoms with Gasteiger partial charge < -0.3 is 14.0 Å². The van der Waals surface area contributed by atoms with Gasteiger partial charge in [-0.25, -0.2) is 0 Å². The Morgan fingerprint density at radius 2 is 1.90 bits per heavy atom. The zero-order valence-electron chi connectivity index (χ0n) is 12.1. The minimum Gasteiger partial charge on any atom is -0.537 e. The second kappa shape index (κ2) is 5.71. The van der Waals surface area contributed by atoms with Crippen molar-refractivity contribution in [1.29, 1.82) is 0 Å². The maximum absolute atomic E-state index is 11.2. The third kappa shape index (κ3) is 3.42. The van der Waals surface area contributed by atoms with E-state index < -0.39 is 5.60 Å². The van der Waals surface area contributed by atoms with Gasteiger partial charge in [-0.15, -0.1) is 0 Å². The Balaban J connectivity index is 1.95. The topological polar surface area (TPSA) is 44.8 Å². The highest BCUT2D eigenvalue weighted by molar-refractivity contribution is 6.45. The lowest BCUT2D eigenvalue weighted by Crippen LogP contribution is -2.25. The highest BCUT2D eigenvalue weighted by atomic mass is 16.7. The average Bonchev–Trinajstić information content (AvgIpc) is 2.65. The van der Waals surface area contributed by atoms with Crippen molar-refractivity contribution in [2.45, 2.75) is 32.2 Å². The van der Waals surface area contributed by atoms with Crippen LogP contribution in [-0.4, -0.2) is 25.8 Å². The Morgan fingerprint density at radius 3 is 2.40 bits per heavy atom. The fraction of sp³-hybridized carbons (Fsp3) is 0.400. The summed E-state index contributed by atoms with van der Waals surface area (Å²) in [4.78, 5) is 11.2. The van der Waals surface area contributed by atoms with E-state index in [4.69, 9.17) is 9.31 Å². The lowest BCUT2D eigenvalue weighted by molar-refractivity contribution is -0.139. The van der Waals surface area contributed by atoms with Crippen molar-refractivity contribution in [3.63, 3.8) is 0 Å². The summed E-state index contributed by atoms with van der Waals surface area (Å²) in [6.45, 7) is 7.73. The van der Waals surface area contributed by atoms with Crippen molar-refractivity contribution in [2.24, 2.45) is 0 Å². The van der Waals surface area contributed by atoms with Crippen molar-refractivity contribution in [2.75, 3.05) is 7.11 Å². The van der Waals surface area contributed by atoms with E-state index in [0.717, 1.165) is 11.1 Å². The van der Waals surface area contributed by atoms with Gasteiger partial charge >= 0.3 is 13.1 Å². The minimum atomic E-state index is -0.435. The summed E-state index contributed by atoms with van der Waals surface area (Å²) in [6.07, 6.45) is 0.942. The summed E-state index contributed by atoms with van der Waals surface area (Å²) in [6, 6.07) is 7.78. The largest absolute Gasteiger partial charge is 0.537 e. The number of esters is 1. The zero-order valence-corrected chi connectivity index (χ0v) is 12.1. The summed E-state index contributed by atoms with van der Waals surface area (Å²) in [5.74, 6) is 0.420. The third-order valence-electron chi connectivity index (χ3n) is 3.37. The van der Waals surface area contributed by atoms with E-state index in [1.165, 1.54) is 7.11 Å². The number of ether oxygens (including phenoxy) is 1. The fourth-order valence-electron chi connectivity index (χ4n) is 2.03. The molecule has 0 unspecified atom stereocenters. The maximum atomic E-state index is 11.2. The van der Waals surface area contributed by atoms with Crippen molar-refractivity contribution < 1.29 is 18.8 Å². The van der Waals surface area contributed by atoms with Crippen LogP contribution in [0.1, 0.15) is 25.0 Å². The van der Waals surface area contributed by atoms with E-state index in [1.807, 2.05) is 38.1 Å². The summed E-state index contributed by atoms with van der Waals surface area (Å²) in [5.41, 5.74) is 1.59. The summed E-state index contributed by atoms with van der Waals surface area (Å²) in [7, 11) is 1.09. The molecule has 0 bridgehead atoms. The molecule has 1 heterocycles. The molecule has 2 rings (SSSR count). The first-order valence-corrected chi connectivity index (χ1v) is 6.59. The van der Waals surface area contributed by atoms with E-state index in [-0.39, 0.29) is 19.5 Å². The number of carbonyl (C=O) groups is 1. The van der Waals surface area contributed by atoms with Crippen molar-refractivity contribution in [3.05, 3.63) is 47.7 Å². The van der Waals surface area contributed by atoms with Crippen LogP contribution in [0.5, 0.6) is 0 Å². The predicted molar refractivity (Wildman–Crippen MR) is 77.0 cm³/mol. The van der Waals surface area contributed by atoms with E-state index in [1.54, 1.807) is 0 Å². The first kappa shape index (κ1) is 14.7. The van der Waals surface area contributed by atoms with Crippen LogP contribution >= 0.6 is 0 Å². The molecule has 4 nitrogen and oxygen atoms in total. The molecule has 1 aromatic carbocycles. The Hall–Kier alpha value is -1.75. The van der Waals surface area contributed by atoms with Crippen molar-refractivity contribution in [1.82, 2.24) is 0 Å². The molecule has 0 N–H and O–H groups in total. The number of carbonyl (C=O) groups excluding carboxylic acids is 1. The molecule has 1 aromatic rings. The van der Waals surface area contributed by atoms with Crippen molar-refractivity contribution in [3.8, 4) is 0 Å². The number of methoxy groups -OCH3 is 1. The van der Waals surface area contributed by atoms with Crippen LogP contribution in [-0.2, 0) is 31.6 Å². The standard InChI is InChI=1S/C15H19BO4/c1-11-15(2,3)20-16(19-11)10-13-7-5-12(6-8-13)9-14(17)18-4/h5-8H,1,9-10H2,2-4H3. The number of benzene rings is 1. The van der Waals surface area contributed by atoms with Gasteiger partial charge in [0.15, 0.2) is 0 Å². The first-order chi connectivity index (χ1) is 9.40. The van der Waals surface area contributed by atoms with Gasteiger partial charge in [-0.1, -0.05) is 30.8 Å². The molecule has 20 heavy (non-hydrogen) atoms. The van der Waals surface area contributed by atoms with Crippen LogP contribution in [0.15, 0.2) is 36.6 Å². The van der Waals surface area contributed by atoms with Crippen LogP contribution in [0, 0.1) is 0 Å². The summed E-state index contributed by atoms with van der Waals surface area (Å²) >= 11 is 0. The van der Waals surface area contributed by atoms with Gasteiger partial charge in [0.1, 0.15) is 5.60 Å². The molecule has 0 amide bonds. The molecule has 1 saturated heterocycles. The smallest absolute Gasteiger partial charge is 0.530 e. The summed E-state index contributed by atoms with van der Waals surface area (Å²) in [5, 5.41) is 0. The fourth-order valence-corrected chi connectivity index (χ4v) is 2.03. The number of hydrogen-bond acceptors (Lipinski definition) is 4. The van der Waals surface area contributed by atoms with Crippen LogP contribution in [0.4, 0.5) is 0 Å². The van der Waals surface area contributed by atoms with Crippen LogP contribution in [0.3, 0.4) is 0 Å². The Bertz CT molecular complexity index is 507. The Morgan fingerprint density at radius 1 is 1.30 bits per heavy atom. The normalized spacial score (nSPS) is 16.9. The molecule has 0 radical (unpaired) electrons. The second-order valence-electron chi connectivity index (χ2n) is 5.37. The predicted octanol–water partition coefficient (Wildman–Crippen LogP) is 2.31. The lowest BCUT2D eigenvalue weighted by Gasteiger charge is -2.15. The van der Waals surface area contributed by atoms with E-state index in [0.29, 0.717) is 12.1 Å². The summed E-state index contributed by atoms with van der Waals surface area (Å²) < 4.78 is 16.0. The lowest BCUT2D eigenvalue weighted by atomic mass is 9.80. The molecule has 1 fully saturated rings. The molecule has 5 heteroatoms. The molecule has 1 aliphatic heterocycles. The molecule has 0 saturated carbocycles. The average molecular weight is 274 g/mol. The quantitative estimate of drug-likeness (QED) is 0.624. The van der Waals surface area contributed by atoms with Crippen LogP contribution < -0.4 is 0 Å². The molecular formula is C15H19BO4. The van der Waals surface area contributed by atoms with Crippen LogP contribution in [0.2, 0.25) is 0 Å². The second-order valence-corrected chi connectivity index (χ2v) is 5.37. The monoisotopic (exact) mass is 274 g/mol. The molecule has 0 aromatic heterocycles. The van der Waals surface area contributed by atoms with Crippen molar-refractivity contribution >= 4 is 13.1 Å². The Labute approximate surface area is 119 Å². The van der Waals surface area contributed by atoms with E-state index in [9.17, 15) is 4.79 Å². The van der Waals surface area contributed by atoms with Gasteiger partial charge in [0.2, 0.25) is 0 Å². The zero-order chi connectivity index (χ0) is 14.8.